The van der Waals surface area contributed by atoms with Gasteiger partial charge in [0.05, 0.1) is 11.5 Å². The molecule has 0 radical (unpaired) electrons. The van der Waals surface area contributed by atoms with Crippen molar-refractivity contribution in [3.8, 4) is 0 Å². The third kappa shape index (κ3) is 4.90. The molecule has 8 atom stereocenters. The maximum Gasteiger partial charge on any atom is 0.303 e. The average Bonchev–Trinajstić information content (AvgIpc) is 2.75. The molecule has 0 aliphatic heterocycles. The van der Waals surface area contributed by atoms with Crippen LogP contribution in [0.15, 0.2) is 23.3 Å². The van der Waals surface area contributed by atoms with E-state index < -0.39 is 77.1 Å². The van der Waals surface area contributed by atoms with Gasteiger partial charge in [-0.05, 0) is 29.1 Å². The Morgan fingerprint density at radius 2 is 1.42 bits per heavy atom. The molecule has 2 fully saturated rings. The van der Waals surface area contributed by atoms with Gasteiger partial charge in [0, 0.05) is 52.4 Å². The van der Waals surface area contributed by atoms with Gasteiger partial charge in [-0.25, -0.2) is 0 Å². The van der Waals surface area contributed by atoms with Gasteiger partial charge in [-0.2, -0.15) is 0 Å². The molecule has 10 nitrogen and oxygen atoms in total. The first-order chi connectivity index (χ1) is 17.4. The number of aliphatic hydroxyl groups is 1. The lowest BCUT2D eigenvalue weighted by Gasteiger charge is -2.60. The van der Waals surface area contributed by atoms with Gasteiger partial charge in [-0.3, -0.25) is 24.0 Å². The molecule has 0 unspecified atom stereocenters. The van der Waals surface area contributed by atoms with Crippen molar-refractivity contribution < 1.29 is 48.0 Å². The summed E-state index contributed by atoms with van der Waals surface area (Å²) in [7, 11) is 0. The van der Waals surface area contributed by atoms with E-state index in [0.717, 1.165) is 0 Å². The number of rotatable bonds is 4. The van der Waals surface area contributed by atoms with Crippen LogP contribution >= 0.6 is 0 Å². The molecule has 3 rings (SSSR count). The Bertz CT molecular complexity index is 1100. The molecular formula is C28H38O10. The van der Waals surface area contributed by atoms with Crippen LogP contribution in [-0.4, -0.2) is 65.3 Å². The lowest BCUT2D eigenvalue weighted by Crippen LogP contribution is -2.68. The third-order valence-electron chi connectivity index (χ3n) is 8.57. The number of aliphatic hydroxyl groups excluding tert-OH is 1. The maximum atomic E-state index is 13.4. The number of ketones is 1. The molecule has 0 heterocycles. The van der Waals surface area contributed by atoms with E-state index in [4.69, 9.17) is 18.9 Å². The summed E-state index contributed by atoms with van der Waals surface area (Å²) in [6.07, 6.45) is -5.81. The highest BCUT2D eigenvalue weighted by atomic mass is 16.6. The summed E-state index contributed by atoms with van der Waals surface area (Å²) in [6.45, 7) is 16.0. The van der Waals surface area contributed by atoms with Crippen LogP contribution in [0.5, 0.6) is 0 Å². The van der Waals surface area contributed by atoms with Crippen LogP contribution < -0.4 is 0 Å². The third-order valence-corrected chi connectivity index (χ3v) is 8.57. The van der Waals surface area contributed by atoms with E-state index in [1.165, 1.54) is 27.7 Å². The van der Waals surface area contributed by atoms with E-state index in [9.17, 15) is 29.1 Å². The van der Waals surface area contributed by atoms with Crippen LogP contribution in [0, 0.1) is 22.7 Å². The molecule has 2 saturated carbocycles. The molecule has 38 heavy (non-hydrogen) atoms. The lowest BCUT2D eigenvalue weighted by atomic mass is 9.48. The number of hydrogen-bond acceptors (Lipinski definition) is 10. The van der Waals surface area contributed by atoms with Crippen molar-refractivity contribution in [2.75, 3.05) is 0 Å². The van der Waals surface area contributed by atoms with E-state index in [0.29, 0.717) is 11.1 Å². The molecule has 0 amide bonds. The van der Waals surface area contributed by atoms with Gasteiger partial charge in [0.2, 0.25) is 0 Å². The number of fused-ring (bicyclic) bond motifs is 3. The fourth-order valence-corrected chi connectivity index (χ4v) is 6.98. The van der Waals surface area contributed by atoms with Gasteiger partial charge in [-0.15, -0.1) is 0 Å². The number of ether oxygens (including phenoxy) is 4. The van der Waals surface area contributed by atoms with Gasteiger partial charge in [0.15, 0.2) is 18.0 Å². The van der Waals surface area contributed by atoms with Crippen molar-refractivity contribution in [2.24, 2.45) is 22.7 Å². The van der Waals surface area contributed by atoms with Gasteiger partial charge in [0.25, 0.3) is 0 Å². The Morgan fingerprint density at radius 3 is 1.92 bits per heavy atom. The summed E-state index contributed by atoms with van der Waals surface area (Å²) in [4.78, 5) is 63.1. The minimum absolute atomic E-state index is 0.0134. The summed E-state index contributed by atoms with van der Waals surface area (Å²) >= 11 is 0. The molecular weight excluding hydrogens is 496 g/mol. The first kappa shape index (κ1) is 29.5. The highest BCUT2D eigenvalue weighted by Gasteiger charge is 2.67. The minimum Gasteiger partial charge on any atom is -0.462 e. The van der Waals surface area contributed by atoms with Gasteiger partial charge < -0.3 is 24.1 Å². The Labute approximate surface area is 222 Å². The van der Waals surface area contributed by atoms with Gasteiger partial charge >= 0.3 is 23.9 Å². The van der Waals surface area contributed by atoms with E-state index in [2.05, 4.69) is 6.58 Å². The first-order valence-electron chi connectivity index (χ1n) is 12.7. The molecule has 0 aromatic heterocycles. The molecule has 0 aromatic carbocycles. The van der Waals surface area contributed by atoms with Crippen LogP contribution in [0.1, 0.15) is 68.2 Å². The van der Waals surface area contributed by atoms with Crippen molar-refractivity contribution in [1.82, 2.24) is 0 Å². The Morgan fingerprint density at radius 1 is 0.895 bits per heavy atom. The van der Waals surface area contributed by atoms with Crippen LogP contribution in [-0.2, 0) is 42.9 Å². The standard InChI is InChI=1S/C28H38O10/c1-12-19(33)10-18-24(36-15(4)30)23-13(2)20(34)11-21(35-14(3)29)28(23,9)26(38-17(6)32)25(37-16(5)31)22(12)27(18,7)8/h18,20-21,23-26,34H,2,10-11H2,1,3-9H3/t18-,20-,21-,23-,24+,25+,26-,28-/m0/s1. The molecule has 3 aliphatic carbocycles. The van der Waals surface area contributed by atoms with Crippen LogP contribution in [0.2, 0.25) is 0 Å². The summed E-state index contributed by atoms with van der Waals surface area (Å²) in [5.41, 5.74) is -1.21. The largest absolute Gasteiger partial charge is 0.462 e. The predicted molar refractivity (Wildman–Crippen MR) is 133 cm³/mol. The van der Waals surface area contributed by atoms with Crippen LogP contribution in [0.3, 0.4) is 0 Å². The van der Waals surface area contributed by atoms with Gasteiger partial charge in [-0.1, -0.05) is 27.4 Å². The predicted octanol–water partition coefficient (Wildman–Crippen LogP) is 2.60. The fraction of sp³-hybridized carbons (Fsp3) is 0.679. The molecule has 1 N–H and O–H groups in total. The van der Waals surface area contributed by atoms with Crippen LogP contribution in [0.4, 0.5) is 0 Å². The fourth-order valence-electron chi connectivity index (χ4n) is 6.98. The zero-order valence-corrected chi connectivity index (χ0v) is 23.3. The zero-order valence-electron chi connectivity index (χ0n) is 23.3. The topological polar surface area (TPSA) is 143 Å². The number of hydrogen-bond donors (Lipinski definition) is 1. The maximum absolute atomic E-state index is 13.4. The minimum atomic E-state index is -1.39. The average molecular weight is 535 g/mol. The van der Waals surface area contributed by atoms with Crippen LogP contribution in [0.25, 0.3) is 0 Å². The van der Waals surface area contributed by atoms with Gasteiger partial charge in [0.1, 0.15) is 12.2 Å². The monoisotopic (exact) mass is 534 g/mol. The molecule has 0 spiro atoms. The Kier molecular flexibility index (Phi) is 7.99. The molecule has 10 heteroatoms. The first-order valence-corrected chi connectivity index (χ1v) is 12.7. The second kappa shape index (κ2) is 10.3. The number of allylic oxidation sites excluding steroid dienone is 1. The molecule has 210 valence electrons. The van der Waals surface area contributed by atoms with E-state index in [1.807, 2.05) is 13.8 Å². The van der Waals surface area contributed by atoms with Crippen molar-refractivity contribution in [3.05, 3.63) is 23.3 Å². The van der Waals surface area contributed by atoms with Crippen molar-refractivity contribution in [2.45, 2.75) is 98.8 Å². The Balaban J connectivity index is 2.50. The SMILES string of the molecule is C=C1[C@@H](O)C[C@H](OC(C)=O)[C@]2(C)[C@@H](OC(C)=O)[C@H](OC(C)=O)C3=C(C)C(=O)C[C@@H]([C@@H](OC(C)=O)[C@H]12)C3(C)C. The van der Waals surface area contributed by atoms with E-state index in [-0.39, 0.29) is 24.2 Å². The van der Waals surface area contributed by atoms with Crippen molar-refractivity contribution in [1.29, 1.82) is 0 Å². The normalized spacial score (nSPS) is 36.3. The summed E-state index contributed by atoms with van der Waals surface area (Å²) < 4.78 is 23.4. The molecule has 0 saturated heterocycles. The summed E-state index contributed by atoms with van der Waals surface area (Å²) in [5, 5.41) is 11.1. The summed E-state index contributed by atoms with van der Waals surface area (Å²) in [5.74, 6) is -4.44. The second-order valence-electron chi connectivity index (χ2n) is 11.4. The highest BCUT2D eigenvalue weighted by Crippen LogP contribution is 2.60. The lowest BCUT2D eigenvalue weighted by molar-refractivity contribution is -0.227. The molecule has 2 bridgehead atoms. The second-order valence-corrected chi connectivity index (χ2v) is 11.4. The highest BCUT2D eigenvalue weighted by molar-refractivity contribution is 5.97. The molecule has 0 aromatic rings. The van der Waals surface area contributed by atoms with Crippen molar-refractivity contribution >= 4 is 29.7 Å². The molecule has 3 aliphatic rings. The number of carbonyl (C=O) groups is 5. The zero-order chi connectivity index (χ0) is 28.9. The summed E-state index contributed by atoms with van der Waals surface area (Å²) in [6, 6.07) is 0. The smallest absolute Gasteiger partial charge is 0.303 e. The quantitative estimate of drug-likeness (QED) is 0.325. The Hall–Kier alpha value is -3.01. The van der Waals surface area contributed by atoms with E-state index >= 15 is 0 Å². The van der Waals surface area contributed by atoms with E-state index in [1.54, 1.807) is 13.8 Å². The number of Topliss-reactive ketones (excluding diaryl/α,β-unsaturated/α-hetero) is 1. The number of esters is 4. The van der Waals surface area contributed by atoms with Crippen molar-refractivity contribution in [3.63, 3.8) is 0 Å². The number of carbonyl (C=O) groups excluding carboxylic acids is 5.